The van der Waals surface area contributed by atoms with E-state index < -0.39 is 0 Å². The van der Waals surface area contributed by atoms with Gasteiger partial charge in [0.25, 0.3) is 0 Å². The van der Waals surface area contributed by atoms with E-state index in [4.69, 9.17) is 0 Å². The Morgan fingerprint density at radius 3 is 3.17 bits per heavy atom. The Hall–Kier alpha value is -1.44. The molecule has 0 saturated carbocycles. The van der Waals surface area contributed by atoms with Gasteiger partial charge < -0.3 is 0 Å². The Morgan fingerprint density at radius 1 is 1.33 bits per heavy atom. The fourth-order valence-electron chi connectivity index (χ4n) is 1.33. The van der Waals surface area contributed by atoms with Crippen LogP contribution in [-0.2, 0) is 4.79 Å². The number of ketones is 1. The van der Waals surface area contributed by atoms with E-state index in [1.807, 2.05) is 24.3 Å². The minimum atomic E-state index is 0.251. The Balaban J connectivity index is 2.41. The van der Waals surface area contributed by atoms with E-state index in [1.54, 1.807) is 6.20 Å². The largest absolute Gasteiger partial charge is 0.299 e. The summed E-state index contributed by atoms with van der Waals surface area (Å²) < 4.78 is 0. The lowest BCUT2D eigenvalue weighted by Crippen LogP contribution is -2.13. The van der Waals surface area contributed by atoms with Gasteiger partial charge in [-0.1, -0.05) is 18.2 Å². The fraction of sp³-hybridized carbons (Fsp3) is 0.200. The molecule has 0 aromatic carbocycles. The number of hydrogen-bond donors (Lipinski definition) is 0. The summed E-state index contributed by atoms with van der Waals surface area (Å²) in [5.74, 6) is 0.251. The van der Waals surface area contributed by atoms with Crippen molar-refractivity contribution in [2.75, 3.05) is 0 Å². The van der Waals surface area contributed by atoms with Crippen molar-refractivity contribution in [3.8, 4) is 0 Å². The minimum Gasteiger partial charge on any atom is -0.299 e. The summed E-state index contributed by atoms with van der Waals surface area (Å²) in [5.41, 5.74) is 2.00. The molecule has 0 spiro atoms. The van der Waals surface area contributed by atoms with Gasteiger partial charge in [-0.05, 0) is 11.6 Å². The molecule has 0 atom stereocenters. The first-order chi connectivity index (χ1) is 5.86. The lowest BCUT2D eigenvalue weighted by atomic mass is 9.96. The first-order valence-corrected chi connectivity index (χ1v) is 3.98. The third kappa shape index (κ3) is 1.28. The molecule has 0 unspecified atom stereocenters. The van der Waals surface area contributed by atoms with Crippen LogP contribution >= 0.6 is 0 Å². The van der Waals surface area contributed by atoms with Gasteiger partial charge >= 0.3 is 0 Å². The van der Waals surface area contributed by atoms with Crippen LogP contribution in [0.5, 0.6) is 0 Å². The highest BCUT2D eigenvalue weighted by molar-refractivity contribution is 6.15. The summed E-state index contributed by atoms with van der Waals surface area (Å²) in [7, 11) is 0. The number of aliphatic imine (C=N–C) groups is 1. The van der Waals surface area contributed by atoms with E-state index in [2.05, 4.69) is 4.99 Å². The van der Waals surface area contributed by atoms with E-state index in [0.29, 0.717) is 12.8 Å². The highest BCUT2D eigenvalue weighted by Crippen LogP contribution is 2.16. The molecule has 2 nitrogen and oxygen atoms in total. The molecular formula is C10H9NO. The molecule has 12 heavy (non-hydrogen) atoms. The molecule has 0 fully saturated rings. The van der Waals surface area contributed by atoms with Crippen LogP contribution in [0.3, 0.4) is 0 Å². The maximum atomic E-state index is 11.1. The number of Topliss-reactive ketones (excluding diaryl/α,β-unsaturated/α-hetero) is 1. The van der Waals surface area contributed by atoms with Crippen molar-refractivity contribution in [1.29, 1.82) is 0 Å². The average molecular weight is 159 g/mol. The highest BCUT2D eigenvalue weighted by Gasteiger charge is 2.15. The molecule has 0 amide bonds. The first-order valence-electron chi connectivity index (χ1n) is 3.98. The van der Waals surface area contributed by atoms with Crippen LogP contribution in [0.25, 0.3) is 0 Å². The number of hydrogen-bond acceptors (Lipinski definition) is 2. The standard InChI is InChI=1S/C10H9NO/c12-9-5-4-8-3-1-2-6-11-10(8)7-9/h1-4,6H,5,7H2. The Kier molecular flexibility index (Phi) is 1.74. The normalized spacial score (nSPS) is 21.2. The van der Waals surface area contributed by atoms with Gasteiger partial charge in [-0.2, -0.15) is 0 Å². The number of fused-ring (bicyclic) bond motifs is 1. The SMILES string of the molecule is O=C1CC=C2C=CC=CN=C2C1. The van der Waals surface area contributed by atoms with Crippen LogP contribution in [0, 0.1) is 0 Å². The van der Waals surface area contributed by atoms with Gasteiger partial charge in [0.1, 0.15) is 5.78 Å². The van der Waals surface area contributed by atoms with Crippen LogP contribution < -0.4 is 0 Å². The van der Waals surface area contributed by atoms with Crippen molar-refractivity contribution in [2.45, 2.75) is 12.8 Å². The third-order valence-electron chi connectivity index (χ3n) is 1.95. The number of carbonyl (C=O) groups is 1. The van der Waals surface area contributed by atoms with Gasteiger partial charge in [-0.15, -0.1) is 0 Å². The molecule has 0 aromatic rings. The Morgan fingerprint density at radius 2 is 2.25 bits per heavy atom. The van der Waals surface area contributed by atoms with Crippen molar-refractivity contribution in [3.05, 3.63) is 36.1 Å². The lowest BCUT2D eigenvalue weighted by molar-refractivity contribution is -0.117. The molecule has 0 radical (unpaired) electrons. The maximum Gasteiger partial charge on any atom is 0.142 e. The van der Waals surface area contributed by atoms with Crippen LogP contribution in [-0.4, -0.2) is 11.5 Å². The zero-order valence-electron chi connectivity index (χ0n) is 6.66. The zero-order chi connectivity index (χ0) is 8.39. The van der Waals surface area contributed by atoms with Crippen LogP contribution in [0.4, 0.5) is 0 Å². The van der Waals surface area contributed by atoms with Crippen LogP contribution in [0.1, 0.15) is 12.8 Å². The molecule has 1 aliphatic heterocycles. The van der Waals surface area contributed by atoms with Crippen molar-refractivity contribution in [1.82, 2.24) is 0 Å². The maximum absolute atomic E-state index is 11.1. The Labute approximate surface area is 71.0 Å². The van der Waals surface area contributed by atoms with E-state index in [9.17, 15) is 4.79 Å². The molecule has 60 valence electrons. The predicted octanol–water partition coefficient (Wildman–Crippen LogP) is 1.80. The molecule has 0 bridgehead atoms. The summed E-state index contributed by atoms with van der Waals surface area (Å²) in [6, 6.07) is 0. The second kappa shape index (κ2) is 2.89. The first kappa shape index (κ1) is 7.22. The van der Waals surface area contributed by atoms with Crippen molar-refractivity contribution < 1.29 is 4.79 Å². The molecule has 2 heteroatoms. The van der Waals surface area contributed by atoms with Gasteiger partial charge in [0.2, 0.25) is 0 Å². The second-order valence-corrected chi connectivity index (χ2v) is 2.86. The Bertz CT molecular complexity index is 332. The van der Waals surface area contributed by atoms with Crippen molar-refractivity contribution >= 4 is 11.5 Å². The molecular weight excluding hydrogens is 150 g/mol. The fourth-order valence-corrected chi connectivity index (χ4v) is 1.33. The van der Waals surface area contributed by atoms with E-state index in [0.717, 1.165) is 11.3 Å². The van der Waals surface area contributed by atoms with E-state index in [1.165, 1.54) is 0 Å². The number of allylic oxidation sites excluding steroid dienone is 5. The predicted molar refractivity (Wildman–Crippen MR) is 48.0 cm³/mol. The number of rotatable bonds is 0. The average Bonchev–Trinajstić information content (AvgIpc) is 2.28. The van der Waals surface area contributed by atoms with Crippen LogP contribution in [0.2, 0.25) is 0 Å². The molecule has 0 aromatic heterocycles. The molecule has 2 rings (SSSR count). The highest BCUT2D eigenvalue weighted by atomic mass is 16.1. The van der Waals surface area contributed by atoms with Gasteiger partial charge in [-0.25, -0.2) is 0 Å². The van der Waals surface area contributed by atoms with E-state index in [-0.39, 0.29) is 5.78 Å². The van der Waals surface area contributed by atoms with E-state index >= 15 is 0 Å². The summed E-state index contributed by atoms with van der Waals surface area (Å²) >= 11 is 0. The van der Waals surface area contributed by atoms with Gasteiger partial charge in [0.15, 0.2) is 0 Å². The smallest absolute Gasteiger partial charge is 0.142 e. The summed E-state index contributed by atoms with van der Waals surface area (Å²) in [4.78, 5) is 15.2. The van der Waals surface area contributed by atoms with Gasteiger partial charge in [0, 0.05) is 19.0 Å². The zero-order valence-corrected chi connectivity index (χ0v) is 6.66. The number of carbonyl (C=O) groups excluding carboxylic acids is 1. The van der Waals surface area contributed by atoms with Gasteiger partial charge in [-0.3, -0.25) is 9.79 Å². The third-order valence-corrected chi connectivity index (χ3v) is 1.95. The molecule has 1 aliphatic carbocycles. The second-order valence-electron chi connectivity index (χ2n) is 2.86. The molecule has 0 saturated heterocycles. The molecule has 2 aliphatic rings. The monoisotopic (exact) mass is 159 g/mol. The van der Waals surface area contributed by atoms with Crippen LogP contribution in [0.15, 0.2) is 41.1 Å². The minimum absolute atomic E-state index is 0.251. The van der Waals surface area contributed by atoms with Crippen molar-refractivity contribution in [3.63, 3.8) is 0 Å². The summed E-state index contributed by atoms with van der Waals surface area (Å²) in [6.07, 6.45) is 10.5. The molecule has 0 N–H and O–H groups in total. The number of nitrogens with zero attached hydrogens (tertiary/aromatic N) is 1. The summed E-state index contributed by atoms with van der Waals surface area (Å²) in [6.45, 7) is 0. The van der Waals surface area contributed by atoms with Gasteiger partial charge in [0.05, 0.1) is 5.71 Å². The lowest BCUT2D eigenvalue weighted by Gasteiger charge is -2.09. The quantitative estimate of drug-likeness (QED) is 0.530. The molecule has 1 heterocycles. The van der Waals surface area contributed by atoms with Crippen molar-refractivity contribution in [2.24, 2.45) is 4.99 Å². The topological polar surface area (TPSA) is 29.4 Å². The summed E-state index contributed by atoms with van der Waals surface area (Å²) in [5, 5.41) is 0.